The van der Waals surface area contributed by atoms with Gasteiger partial charge < -0.3 is 23.8 Å². The zero-order valence-corrected chi connectivity index (χ0v) is 43.8. The van der Waals surface area contributed by atoms with Crippen LogP contribution in [0.2, 0.25) is 0 Å². The molecule has 0 aromatic rings. The van der Waals surface area contributed by atoms with E-state index in [4.69, 9.17) is 18.9 Å². The third-order valence-corrected chi connectivity index (χ3v) is 13.1. The highest BCUT2D eigenvalue weighted by Gasteiger charge is 2.39. The minimum atomic E-state index is -0.270. The molecule has 1 aliphatic rings. The van der Waals surface area contributed by atoms with Gasteiger partial charge in [-0.1, -0.05) is 172 Å². The number of allylic oxidation sites excluding steroid dienone is 10. The zero-order valence-electron chi connectivity index (χ0n) is 43.8. The Morgan fingerprint density at radius 1 is 0.545 bits per heavy atom. The highest BCUT2D eigenvalue weighted by molar-refractivity contribution is 5.70. The molecule has 382 valence electrons. The topological polar surface area (TPSA) is 74.3 Å². The fourth-order valence-electron chi connectivity index (χ4n) is 8.84. The summed E-state index contributed by atoms with van der Waals surface area (Å²) in [6.07, 6.45) is 56.8. The van der Waals surface area contributed by atoms with Gasteiger partial charge in [-0.3, -0.25) is 9.59 Å². The van der Waals surface area contributed by atoms with Gasteiger partial charge in [-0.25, -0.2) is 0 Å². The predicted molar refractivity (Wildman–Crippen MR) is 282 cm³/mol. The smallest absolute Gasteiger partial charge is 0.306 e. The van der Waals surface area contributed by atoms with Crippen LogP contribution >= 0.6 is 0 Å². The summed E-state index contributed by atoms with van der Waals surface area (Å²) >= 11 is 0. The molecule has 0 amide bonds. The van der Waals surface area contributed by atoms with Gasteiger partial charge in [0.25, 0.3) is 0 Å². The second-order valence-electron chi connectivity index (χ2n) is 18.9. The first-order valence-corrected chi connectivity index (χ1v) is 28.0. The van der Waals surface area contributed by atoms with E-state index >= 15 is 0 Å². The van der Waals surface area contributed by atoms with Crippen molar-refractivity contribution in [2.75, 3.05) is 46.1 Å². The summed E-state index contributed by atoms with van der Waals surface area (Å²) in [4.78, 5) is 28.6. The van der Waals surface area contributed by atoms with E-state index in [1.54, 1.807) is 0 Å². The van der Waals surface area contributed by atoms with Crippen LogP contribution in [0.1, 0.15) is 234 Å². The van der Waals surface area contributed by atoms with E-state index in [9.17, 15) is 9.59 Å². The molecular weight excluding hydrogens is 819 g/mol. The van der Waals surface area contributed by atoms with Crippen LogP contribution in [0.15, 0.2) is 60.8 Å². The van der Waals surface area contributed by atoms with E-state index in [-0.39, 0.29) is 42.6 Å². The summed E-state index contributed by atoms with van der Waals surface area (Å²) in [5, 5.41) is 0. The number of carbonyl (C=O) groups is 2. The second kappa shape index (κ2) is 47.6. The van der Waals surface area contributed by atoms with Crippen molar-refractivity contribution in [1.82, 2.24) is 4.90 Å². The Bertz CT molecular complexity index is 1240. The molecule has 66 heavy (non-hydrogen) atoms. The Balaban J connectivity index is 2.51. The Hall–Kier alpha value is -2.48. The van der Waals surface area contributed by atoms with E-state index in [2.05, 4.69) is 100 Å². The Kier molecular flexibility index (Phi) is 44.4. The fourth-order valence-corrected chi connectivity index (χ4v) is 8.84. The lowest BCUT2D eigenvalue weighted by Gasteiger charge is -2.24. The maximum absolute atomic E-state index is 13.4. The number of ether oxygens (including phenoxy) is 4. The molecule has 0 heterocycles. The molecule has 0 bridgehead atoms. The van der Waals surface area contributed by atoms with Gasteiger partial charge in [-0.05, 0) is 135 Å². The van der Waals surface area contributed by atoms with Crippen molar-refractivity contribution in [2.45, 2.75) is 246 Å². The SMILES string of the molecule is CC/C=C\CC1C(CC(=O)OCC(COCCCCCCCC/C=C\C/C=C\CCCCC)OCCCCCCCC/C=C\C/C=C\CCCCC)CCC1OC(=O)CCCN(CC)CC. The summed E-state index contributed by atoms with van der Waals surface area (Å²) in [6.45, 7) is 15.9. The van der Waals surface area contributed by atoms with Gasteiger partial charge in [0.15, 0.2) is 0 Å². The summed E-state index contributed by atoms with van der Waals surface area (Å²) in [5.74, 6) is -0.0520. The van der Waals surface area contributed by atoms with Crippen molar-refractivity contribution in [1.29, 1.82) is 0 Å². The Morgan fingerprint density at radius 3 is 1.62 bits per heavy atom. The average Bonchev–Trinajstić information content (AvgIpc) is 3.68. The lowest BCUT2D eigenvalue weighted by atomic mass is 9.88. The van der Waals surface area contributed by atoms with Crippen LogP contribution < -0.4 is 0 Å². The van der Waals surface area contributed by atoms with Crippen LogP contribution in [-0.2, 0) is 28.5 Å². The number of hydrogen-bond acceptors (Lipinski definition) is 7. The lowest BCUT2D eigenvalue weighted by Crippen LogP contribution is -2.30. The van der Waals surface area contributed by atoms with Gasteiger partial charge >= 0.3 is 11.9 Å². The fraction of sp³-hybridized carbons (Fsp3) is 0.797. The third-order valence-electron chi connectivity index (χ3n) is 13.1. The van der Waals surface area contributed by atoms with Gasteiger partial charge in [-0.2, -0.15) is 0 Å². The molecule has 0 aromatic heterocycles. The standard InChI is InChI=1S/C59H105NO6/c1-6-11-14-16-18-20-22-24-26-28-30-32-34-36-38-41-49-63-52-55(64-50-42-39-37-35-33-31-29-27-25-23-21-19-17-15-12-7-2)53-65-59(62)51-54-46-47-57(56(54)44-40-13-8-3)66-58(61)45-43-48-60(9-4)10-5/h13,18-21,24-27,40,54-57H,6-12,14-17,22-23,28-39,41-53H2,1-5H3/b20-18-,21-19-,26-24-,27-25-,40-13-. The molecule has 7 heteroatoms. The minimum Gasteiger partial charge on any atom is -0.463 e. The van der Waals surface area contributed by atoms with Crippen molar-refractivity contribution in [3.63, 3.8) is 0 Å². The molecule has 0 saturated heterocycles. The van der Waals surface area contributed by atoms with Crippen LogP contribution in [0, 0.1) is 11.8 Å². The number of hydrogen-bond donors (Lipinski definition) is 0. The van der Waals surface area contributed by atoms with Gasteiger partial charge in [0.2, 0.25) is 0 Å². The van der Waals surface area contributed by atoms with Crippen LogP contribution in [0.4, 0.5) is 0 Å². The van der Waals surface area contributed by atoms with Crippen molar-refractivity contribution in [3.8, 4) is 0 Å². The van der Waals surface area contributed by atoms with E-state index in [0.29, 0.717) is 32.7 Å². The molecule has 0 aromatic carbocycles. The molecule has 0 aliphatic heterocycles. The quantitative estimate of drug-likeness (QED) is 0.0342. The highest BCUT2D eigenvalue weighted by Crippen LogP contribution is 2.39. The number of esters is 2. The molecule has 0 radical (unpaired) electrons. The monoisotopic (exact) mass is 924 g/mol. The largest absolute Gasteiger partial charge is 0.463 e. The van der Waals surface area contributed by atoms with E-state index in [0.717, 1.165) is 83.8 Å². The number of carbonyl (C=O) groups excluding carboxylic acids is 2. The second-order valence-corrected chi connectivity index (χ2v) is 18.9. The number of nitrogens with zero attached hydrogens (tertiary/aromatic N) is 1. The molecule has 4 atom stereocenters. The normalized spacial score (nSPS) is 17.3. The summed E-state index contributed by atoms with van der Waals surface area (Å²) in [6, 6.07) is 0. The zero-order chi connectivity index (χ0) is 47.8. The number of rotatable bonds is 47. The van der Waals surface area contributed by atoms with Crippen molar-refractivity contribution >= 4 is 11.9 Å². The summed E-state index contributed by atoms with van der Waals surface area (Å²) < 4.78 is 24.5. The predicted octanol–water partition coefficient (Wildman–Crippen LogP) is 16.4. The first kappa shape index (κ1) is 61.5. The van der Waals surface area contributed by atoms with Crippen LogP contribution in [-0.4, -0.2) is 75.1 Å². The Labute approximate surface area is 408 Å². The van der Waals surface area contributed by atoms with Gasteiger partial charge in [0.1, 0.15) is 18.8 Å². The summed E-state index contributed by atoms with van der Waals surface area (Å²) in [7, 11) is 0. The van der Waals surface area contributed by atoms with Gasteiger partial charge in [0.05, 0.1) is 6.61 Å². The maximum atomic E-state index is 13.4. The molecule has 0 spiro atoms. The van der Waals surface area contributed by atoms with Crippen LogP contribution in [0.25, 0.3) is 0 Å². The molecule has 0 N–H and O–H groups in total. The van der Waals surface area contributed by atoms with Crippen molar-refractivity contribution < 1.29 is 28.5 Å². The molecule has 7 nitrogen and oxygen atoms in total. The molecular formula is C59H105NO6. The first-order valence-electron chi connectivity index (χ1n) is 28.0. The molecule has 1 aliphatic carbocycles. The molecule has 1 rings (SSSR count). The highest BCUT2D eigenvalue weighted by atomic mass is 16.6. The van der Waals surface area contributed by atoms with Crippen molar-refractivity contribution in [2.24, 2.45) is 11.8 Å². The molecule has 1 fully saturated rings. The van der Waals surface area contributed by atoms with Crippen LogP contribution in [0.3, 0.4) is 0 Å². The van der Waals surface area contributed by atoms with Crippen LogP contribution in [0.5, 0.6) is 0 Å². The Morgan fingerprint density at radius 2 is 1.08 bits per heavy atom. The van der Waals surface area contributed by atoms with Gasteiger partial charge in [0, 0.05) is 32.0 Å². The first-order chi connectivity index (χ1) is 32.5. The third kappa shape index (κ3) is 37.5. The molecule has 1 saturated carbocycles. The lowest BCUT2D eigenvalue weighted by molar-refractivity contribution is -0.152. The van der Waals surface area contributed by atoms with Gasteiger partial charge in [-0.15, -0.1) is 0 Å². The van der Waals surface area contributed by atoms with E-state index in [1.165, 1.54) is 122 Å². The molecule has 4 unspecified atom stereocenters. The minimum absolute atomic E-state index is 0.116. The average molecular weight is 924 g/mol. The number of unbranched alkanes of at least 4 members (excludes halogenated alkanes) is 18. The van der Waals surface area contributed by atoms with E-state index < -0.39 is 0 Å². The van der Waals surface area contributed by atoms with Crippen molar-refractivity contribution in [3.05, 3.63) is 60.8 Å². The maximum Gasteiger partial charge on any atom is 0.306 e. The summed E-state index contributed by atoms with van der Waals surface area (Å²) in [5.41, 5.74) is 0. The van der Waals surface area contributed by atoms with E-state index in [1.807, 2.05) is 0 Å².